The van der Waals surface area contributed by atoms with Gasteiger partial charge in [-0.05, 0) is 37.6 Å². The fourth-order valence-corrected chi connectivity index (χ4v) is 3.75. The number of nitrogens with zero attached hydrogens (tertiary/aromatic N) is 1. The molecule has 1 heterocycles. The molecule has 1 aliphatic carbocycles. The Kier molecular flexibility index (Phi) is 6.31. The normalized spacial score (nSPS) is 27.9. The number of ether oxygens (including phenoxy) is 1. The molecule has 0 aromatic heterocycles. The smallest absolute Gasteiger partial charge is 0.0619 e. The zero-order valence-corrected chi connectivity index (χ0v) is 13.8. The number of nitrogens with one attached hydrogen (secondary N) is 1. The minimum absolute atomic E-state index is 0.513. The molecule has 1 saturated carbocycles. The Bertz CT molecular complexity index is 274. The number of rotatable bonds is 6. The third-order valence-electron chi connectivity index (χ3n) is 5.01. The minimum Gasteiger partial charge on any atom is -0.379 e. The molecular weight excluding hydrogens is 248 g/mol. The molecule has 1 atom stereocenters. The van der Waals surface area contributed by atoms with Crippen LogP contribution in [-0.4, -0.2) is 50.3 Å². The van der Waals surface area contributed by atoms with Gasteiger partial charge in [0.05, 0.1) is 13.2 Å². The van der Waals surface area contributed by atoms with Crippen LogP contribution in [0.5, 0.6) is 0 Å². The molecule has 0 radical (unpaired) electrons. The van der Waals surface area contributed by atoms with Gasteiger partial charge < -0.3 is 10.1 Å². The first-order valence-corrected chi connectivity index (χ1v) is 8.64. The van der Waals surface area contributed by atoms with Crippen molar-refractivity contribution in [2.24, 2.45) is 11.3 Å². The summed E-state index contributed by atoms with van der Waals surface area (Å²) in [6.45, 7) is 13.5. The summed E-state index contributed by atoms with van der Waals surface area (Å²) in [4.78, 5) is 2.67. The molecule has 0 aromatic rings. The molecule has 2 aliphatic rings. The topological polar surface area (TPSA) is 24.5 Å². The van der Waals surface area contributed by atoms with E-state index in [0.717, 1.165) is 32.2 Å². The van der Waals surface area contributed by atoms with Gasteiger partial charge >= 0.3 is 0 Å². The van der Waals surface area contributed by atoms with Crippen molar-refractivity contribution >= 4 is 0 Å². The number of hydrogen-bond donors (Lipinski definition) is 1. The van der Waals surface area contributed by atoms with Crippen LogP contribution < -0.4 is 5.32 Å². The van der Waals surface area contributed by atoms with Crippen LogP contribution in [-0.2, 0) is 4.74 Å². The predicted molar refractivity (Wildman–Crippen MR) is 85.1 cm³/mol. The van der Waals surface area contributed by atoms with Crippen molar-refractivity contribution in [1.29, 1.82) is 0 Å². The van der Waals surface area contributed by atoms with E-state index >= 15 is 0 Å². The lowest BCUT2D eigenvalue weighted by Gasteiger charge is -2.44. The molecule has 2 rings (SSSR count). The van der Waals surface area contributed by atoms with Crippen LogP contribution >= 0.6 is 0 Å². The molecule has 20 heavy (non-hydrogen) atoms. The Morgan fingerprint density at radius 2 is 2.00 bits per heavy atom. The highest BCUT2D eigenvalue weighted by atomic mass is 16.5. The minimum atomic E-state index is 0.513. The van der Waals surface area contributed by atoms with Crippen molar-refractivity contribution in [1.82, 2.24) is 10.2 Å². The quantitative estimate of drug-likeness (QED) is 0.811. The Labute approximate surface area is 125 Å². The summed E-state index contributed by atoms with van der Waals surface area (Å²) in [5.74, 6) is 0.748. The summed E-state index contributed by atoms with van der Waals surface area (Å²) in [5, 5.41) is 3.74. The van der Waals surface area contributed by atoms with Gasteiger partial charge in [-0.1, -0.05) is 33.1 Å². The van der Waals surface area contributed by atoms with Crippen molar-refractivity contribution in [3.05, 3.63) is 0 Å². The van der Waals surface area contributed by atoms with E-state index < -0.39 is 0 Å². The van der Waals surface area contributed by atoms with Gasteiger partial charge in [-0.25, -0.2) is 0 Å². The lowest BCUT2D eigenvalue weighted by molar-refractivity contribution is -0.0270. The third-order valence-corrected chi connectivity index (χ3v) is 5.01. The highest BCUT2D eigenvalue weighted by Crippen LogP contribution is 2.37. The summed E-state index contributed by atoms with van der Waals surface area (Å²) in [7, 11) is 0. The summed E-state index contributed by atoms with van der Waals surface area (Å²) in [6, 6.07) is 0.590. The Balaban J connectivity index is 1.91. The molecule has 3 heteroatoms. The van der Waals surface area contributed by atoms with Gasteiger partial charge in [-0.15, -0.1) is 0 Å². The van der Waals surface area contributed by atoms with E-state index in [2.05, 4.69) is 31.0 Å². The summed E-state index contributed by atoms with van der Waals surface area (Å²) in [6.07, 6.45) is 7.08. The first-order chi connectivity index (χ1) is 9.61. The summed E-state index contributed by atoms with van der Waals surface area (Å²) < 4.78 is 5.59. The second kappa shape index (κ2) is 7.77. The second-order valence-corrected chi connectivity index (χ2v) is 7.48. The van der Waals surface area contributed by atoms with E-state index in [1.54, 1.807) is 0 Å². The summed E-state index contributed by atoms with van der Waals surface area (Å²) >= 11 is 0. The SMILES string of the molecule is CC(C)CNCC1(CN2CCOCC2C)CCCCC1. The van der Waals surface area contributed by atoms with Crippen LogP contribution in [0.25, 0.3) is 0 Å². The summed E-state index contributed by atoms with van der Waals surface area (Å²) in [5.41, 5.74) is 0.513. The van der Waals surface area contributed by atoms with Crippen molar-refractivity contribution < 1.29 is 4.74 Å². The lowest BCUT2D eigenvalue weighted by atomic mass is 9.73. The van der Waals surface area contributed by atoms with Crippen LogP contribution in [0.4, 0.5) is 0 Å². The maximum atomic E-state index is 5.59. The molecule has 0 spiro atoms. The predicted octanol–water partition coefficient (Wildman–Crippen LogP) is 2.90. The van der Waals surface area contributed by atoms with Crippen molar-refractivity contribution in [3.8, 4) is 0 Å². The molecule has 1 aliphatic heterocycles. The molecular formula is C17H34N2O. The average Bonchev–Trinajstić information content (AvgIpc) is 2.42. The van der Waals surface area contributed by atoms with Crippen molar-refractivity contribution in [2.45, 2.75) is 58.9 Å². The zero-order valence-electron chi connectivity index (χ0n) is 13.8. The molecule has 0 aromatic carbocycles. The largest absolute Gasteiger partial charge is 0.379 e. The van der Waals surface area contributed by atoms with Crippen molar-refractivity contribution in [3.63, 3.8) is 0 Å². The molecule has 118 valence electrons. The number of morpholine rings is 1. The van der Waals surface area contributed by atoms with E-state index in [1.165, 1.54) is 45.2 Å². The molecule has 1 N–H and O–H groups in total. The van der Waals surface area contributed by atoms with Gasteiger partial charge in [0.15, 0.2) is 0 Å². The van der Waals surface area contributed by atoms with Gasteiger partial charge in [0.1, 0.15) is 0 Å². The van der Waals surface area contributed by atoms with Crippen LogP contribution in [0, 0.1) is 11.3 Å². The van der Waals surface area contributed by atoms with Gasteiger partial charge in [-0.3, -0.25) is 4.90 Å². The zero-order chi connectivity index (χ0) is 14.4. The van der Waals surface area contributed by atoms with Crippen LogP contribution in [0.15, 0.2) is 0 Å². The first kappa shape index (κ1) is 16.3. The Morgan fingerprint density at radius 3 is 2.65 bits per heavy atom. The molecule has 3 nitrogen and oxygen atoms in total. The third kappa shape index (κ3) is 4.71. The number of hydrogen-bond acceptors (Lipinski definition) is 3. The fourth-order valence-electron chi connectivity index (χ4n) is 3.75. The molecule has 0 bridgehead atoms. The van der Waals surface area contributed by atoms with Crippen molar-refractivity contribution in [2.75, 3.05) is 39.4 Å². The van der Waals surface area contributed by atoms with Crippen LogP contribution in [0.2, 0.25) is 0 Å². The van der Waals surface area contributed by atoms with Crippen LogP contribution in [0.1, 0.15) is 52.9 Å². The highest BCUT2D eigenvalue weighted by molar-refractivity contribution is 4.89. The monoisotopic (exact) mass is 282 g/mol. The molecule has 2 fully saturated rings. The highest BCUT2D eigenvalue weighted by Gasteiger charge is 2.35. The van der Waals surface area contributed by atoms with Gasteiger partial charge in [0.25, 0.3) is 0 Å². The van der Waals surface area contributed by atoms with E-state index in [1.807, 2.05) is 0 Å². The Hall–Kier alpha value is -0.120. The van der Waals surface area contributed by atoms with Gasteiger partial charge in [0, 0.05) is 25.7 Å². The van der Waals surface area contributed by atoms with Crippen LogP contribution in [0.3, 0.4) is 0 Å². The maximum absolute atomic E-state index is 5.59. The second-order valence-electron chi connectivity index (χ2n) is 7.48. The standard InChI is InChI=1S/C17H34N2O/c1-15(2)11-18-13-17(7-5-4-6-8-17)14-19-9-10-20-12-16(19)3/h15-16,18H,4-14H2,1-3H3. The molecule has 0 amide bonds. The van der Waals surface area contributed by atoms with Gasteiger partial charge in [-0.2, -0.15) is 0 Å². The molecule has 1 unspecified atom stereocenters. The Morgan fingerprint density at radius 1 is 1.25 bits per heavy atom. The fraction of sp³-hybridized carbons (Fsp3) is 1.00. The van der Waals surface area contributed by atoms with E-state index in [-0.39, 0.29) is 0 Å². The molecule has 1 saturated heterocycles. The maximum Gasteiger partial charge on any atom is 0.0619 e. The van der Waals surface area contributed by atoms with Gasteiger partial charge in [0.2, 0.25) is 0 Å². The van der Waals surface area contributed by atoms with E-state index in [0.29, 0.717) is 11.5 Å². The van der Waals surface area contributed by atoms with E-state index in [9.17, 15) is 0 Å². The van der Waals surface area contributed by atoms with E-state index in [4.69, 9.17) is 4.74 Å². The average molecular weight is 282 g/mol. The first-order valence-electron chi connectivity index (χ1n) is 8.64. The lowest BCUT2D eigenvalue weighted by Crippen LogP contribution is -2.52.